The van der Waals surface area contributed by atoms with E-state index >= 15 is 0 Å². The summed E-state index contributed by atoms with van der Waals surface area (Å²) in [7, 11) is 0. The molecule has 1 aromatic heterocycles. The molecule has 0 unspecified atom stereocenters. The maximum atomic E-state index is 11.2. The van der Waals surface area contributed by atoms with E-state index in [9.17, 15) is 9.59 Å². The maximum Gasteiger partial charge on any atom is 0.253 e. The van der Waals surface area contributed by atoms with Crippen molar-refractivity contribution in [1.29, 1.82) is 0 Å². The zero-order chi connectivity index (χ0) is 9.97. The lowest BCUT2D eigenvalue weighted by Crippen LogP contribution is -2.29. The van der Waals surface area contributed by atoms with E-state index in [-0.39, 0.29) is 11.8 Å². The molecule has 0 aromatic carbocycles. The van der Waals surface area contributed by atoms with Crippen LogP contribution in [0.4, 0.5) is 0 Å². The van der Waals surface area contributed by atoms with Gasteiger partial charge in [0, 0.05) is 24.5 Å². The molecule has 0 N–H and O–H groups in total. The second kappa shape index (κ2) is 3.41. The predicted octanol–water partition coefficient (Wildman–Crippen LogP) is 0.507. The number of hydrogen-bond acceptors (Lipinski definition) is 3. The number of nitrogens with zero attached hydrogens (tertiary/aromatic N) is 2. The van der Waals surface area contributed by atoms with E-state index in [1.807, 2.05) is 6.07 Å². The molecule has 70 valence electrons. The van der Waals surface area contributed by atoms with Gasteiger partial charge in [-0.15, -0.1) is 0 Å². The number of imide groups is 1. The van der Waals surface area contributed by atoms with E-state index in [1.54, 1.807) is 18.5 Å². The molecule has 1 aliphatic rings. The maximum absolute atomic E-state index is 11.2. The van der Waals surface area contributed by atoms with Gasteiger partial charge in [-0.1, -0.05) is 6.07 Å². The molecule has 1 aromatic rings. The standard InChI is InChI=1S/C10H8N2O2/c13-9-3-4-10(14)12(9)7-8-2-1-5-11-6-8/h1-6H,7H2. The van der Waals surface area contributed by atoms with Gasteiger partial charge in [0.25, 0.3) is 11.8 Å². The summed E-state index contributed by atoms with van der Waals surface area (Å²) in [5.74, 6) is -0.530. The minimum absolute atomic E-state index is 0.265. The Hall–Kier alpha value is -1.97. The summed E-state index contributed by atoms with van der Waals surface area (Å²) in [4.78, 5) is 27.5. The average Bonchev–Trinajstić information content (AvgIpc) is 2.51. The van der Waals surface area contributed by atoms with Crippen LogP contribution in [0.5, 0.6) is 0 Å². The summed E-state index contributed by atoms with van der Waals surface area (Å²) < 4.78 is 0. The highest BCUT2D eigenvalue weighted by molar-refractivity contribution is 6.12. The van der Waals surface area contributed by atoms with E-state index in [2.05, 4.69) is 4.98 Å². The highest BCUT2D eigenvalue weighted by Gasteiger charge is 2.22. The molecule has 0 bridgehead atoms. The van der Waals surface area contributed by atoms with Crippen molar-refractivity contribution in [3.05, 3.63) is 42.2 Å². The molecule has 0 atom stereocenters. The molecule has 2 heterocycles. The molecule has 4 heteroatoms. The number of pyridine rings is 1. The average molecular weight is 188 g/mol. The summed E-state index contributed by atoms with van der Waals surface area (Å²) in [6, 6.07) is 3.60. The molecular weight excluding hydrogens is 180 g/mol. The Bertz CT molecular complexity index is 380. The zero-order valence-electron chi connectivity index (χ0n) is 7.38. The van der Waals surface area contributed by atoms with Gasteiger partial charge in [0.15, 0.2) is 0 Å². The number of rotatable bonds is 2. The van der Waals surface area contributed by atoms with Crippen molar-refractivity contribution in [2.45, 2.75) is 6.54 Å². The fraction of sp³-hybridized carbons (Fsp3) is 0.100. The third-order valence-corrected chi connectivity index (χ3v) is 1.96. The lowest BCUT2D eigenvalue weighted by Gasteiger charge is -2.12. The van der Waals surface area contributed by atoms with E-state index in [4.69, 9.17) is 0 Å². The van der Waals surface area contributed by atoms with E-state index in [0.717, 1.165) is 5.56 Å². The van der Waals surface area contributed by atoms with Crippen LogP contribution < -0.4 is 0 Å². The van der Waals surface area contributed by atoms with Crippen LogP contribution in [0.15, 0.2) is 36.7 Å². The van der Waals surface area contributed by atoms with E-state index in [0.29, 0.717) is 6.54 Å². The number of hydrogen-bond donors (Lipinski definition) is 0. The molecule has 1 aliphatic heterocycles. The van der Waals surface area contributed by atoms with Crippen molar-refractivity contribution in [2.75, 3.05) is 0 Å². The molecule has 0 spiro atoms. The Balaban J connectivity index is 2.13. The Morgan fingerprint density at radius 2 is 1.93 bits per heavy atom. The van der Waals surface area contributed by atoms with Gasteiger partial charge in [-0.2, -0.15) is 0 Å². The highest BCUT2D eigenvalue weighted by atomic mass is 16.2. The van der Waals surface area contributed by atoms with Crippen molar-refractivity contribution in [3.8, 4) is 0 Å². The van der Waals surface area contributed by atoms with Gasteiger partial charge >= 0.3 is 0 Å². The molecule has 0 saturated heterocycles. The molecule has 2 amide bonds. The fourth-order valence-electron chi connectivity index (χ4n) is 1.26. The second-order valence-corrected chi connectivity index (χ2v) is 2.96. The first-order valence-electron chi connectivity index (χ1n) is 4.20. The van der Waals surface area contributed by atoms with Crippen molar-refractivity contribution < 1.29 is 9.59 Å². The first-order chi connectivity index (χ1) is 6.77. The highest BCUT2D eigenvalue weighted by Crippen LogP contribution is 2.09. The number of carbonyl (C=O) groups is 2. The van der Waals surface area contributed by atoms with E-state index in [1.165, 1.54) is 17.1 Å². The van der Waals surface area contributed by atoms with Crippen LogP contribution in [0.25, 0.3) is 0 Å². The normalized spacial score (nSPS) is 15.3. The number of aromatic nitrogens is 1. The minimum atomic E-state index is -0.265. The third-order valence-electron chi connectivity index (χ3n) is 1.96. The van der Waals surface area contributed by atoms with Gasteiger partial charge in [0.1, 0.15) is 0 Å². The van der Waals surface area contributed by atoms with Crippen LogP contribution in [-0.2, 0) is 16.1 Å². The SMILES string of the molecule is O=C1C=CC(=O)N1Cc1cccnc1. The minimum Gasteiger partial charge on any atom is -0.271 e. The van der Waals surface area contributed by atoms with Crippen LogP contribution in [0.1, 0.15) is 5.56 Å². The number of amides is 2. The molecule has 0 fully saturated rings. The van der Waals surface area contributed by atoms with Gasteiger partial charge in [0.05, 0.1) is 6.54 Å². The summed E-state index contributed by atoms with van der Waals surface area (Å²) in [5.41, 5.74) is 0.845. The largest absolute Gasteiger partial charge is 0.271 e. The first kappa shape index (κ1) is 8.62. The van der Waals surface area contributed by atoms with Crippen molar-refractivity contribution >= 4 is 11.8 Å². The van der Waals surface area contributed by atoms with Crippen LogP contribution in [0.2, 0.25) is 0 Å². The van der Waals surface area contributed by atoms with Crippen molar-refractivity contribution in [1.82, 2.24) is 9.88 Å². The topological polar surface area (TPSA) is 50.3 Å². The second-order valence-electron chi connectivity index (χ2n) is 2.96. The van der Waals surface area contributed by atoms with Gasteiger partial charge in [-0.25, -0.2) is 0 Å². The third kappa shape index (κ3) is 1.54. The fourth-order valence-corrected chi connectivity index (χ4v) is 1.26. The van der Waals surface area contributed by atoms with Gasteiger partial charge < -0.3 is 0 Å². The Morgan fingerprint density at radius 3 is 2.50 bits per heavy atom. The van der Waals surface area contributed by atoms with Crippen LogP contribution in [0.3, 0.4) is 0 Å². The Morgan fingerprint density at radius 1 is 1.21 bits per heavy atom. The molecule has 0 aliphatic carbocycles. The molecule has 0 radical (unpaired) electrons. The van der Waals surface area contributed by atoms with Crippen LogP contribution in [0, 0.1) is 0 Å². The quantitative estimate of drug-likeness (QED) is 0.635. The van der Waals surface area contributed by atoms with Crippen molar-refractivity contribution in [2.24, 2.45) is 0 Å². The van der Waals surface area contributed by atoms with Crippen molar-refractivity contribution in [3.63, 3.8) is 0 Å². The Kier molecular flexibility index (Phi) is 2.10. The van der Waals surface area contributed by atoms with E-state index < -0.39 is 0 Å². The van der Waals surface area contributed by atoms with Crippen LogP contribution in [-0.4, -0.2) is 21.7 Å². The van der Waals surface area contributed by atoms with Crippen LogP contribution >= 0.6 is 0 Å². The van der Waals surface area contributed by atoms with Gasteiger partial charge in [0.2, 0.25) is 0 Å². The summed E-state index contributed by atoms with van der Waals surface area (Å²) >= 11 is 0. The first-order valence-corrected chi connectivity index (χ1v) is 4.20. The smallest absolute Gasteiger partial charge is 0.253 e. The molecule has 4 nitrogen and oxygen atoms in total. The summed E-state index contributed by atoms with van der Waals surface area (Å²) in [6.07, 6.45) is 5.84. The lowest BCUT2D eigenvalue weighted by atomic mass is 10.3. The van der Waals surface area contributed by atoms with Gasteiger partial charge in [-0.3, -0.25) is 19.5 Å². The summed E-state index contributed by atoms with van der Waals surface area (Å²) in [6.45, 7) is 0.290. The van der Waals surface area contributed by atoms with Gasteiger partial charge in [-0.05, 0) is 11.6 Å². The summed E-state index contributed by atoms with van der Waals surface area (Å²) in [5, 5.41) is 0. The number of carbonyl (C=O) groups excluding carboxylic acids is 2. The monoisotopic (exact) mass is 188 g/mol. The lowest BCUT2D eigenvalue weighted by molar-refractivity contribution is -0.137. The zero-order valence-corrected chi connectivity index (χ0v) is 7.38. The molecule has 2 rings (SSSR count). The molecule has 14 heavy (non-hydrogen) atoms. The molecular formula is C10H8N2O2. The Labute approximate surface area is 80.9 Å². The predicted molar refractivity (Wildman–Crippen MR) is 48.9 cm³/mol. The molecule has 0 saturated carbocycles.